The number of hydrogen-bond donors (Lipinski definition) is 1. The molecule has 0 saturated carbocycles. The third-order valence-electron chi connectivity index (χ3n) is 2.70. The standard InChI is InChI=1S/C14H10Cl2N2OS/c15-8-1-3-10(16)13(5-8)20-7-14-18-11-4-2-9(17)6-12(11)19-14/h1-6H,7,17H2. The second-order valence-corrected chi connectivity index (χ2v) is 6.06. The van der Waals surface area contributed by atoms with Crippen molar-refractivity contribution in [3.63, 3.8) is 0 Å². The number of anilines is 1. The predicted octanol–water partition coefficient (Wildman–Crippen LogP) is 5.01. The molecule has 0 spiro atoms. The van der Waals surface area contributed by atoms with Crippen LogP contribution in [0.3, 0.4) is 0 Å². The van der Waals surface area contributed by atoms with Gasteiger partial charge in [-0.25, -0.2) is 4.98 Å². The van der Waals surface area contributed by atoms with Crippen LogP contribution in [0, 0.1) is 0 Å². The molecule has 0 atom stereocenters. The normalized spacial score (nSPS) is 11.1. The van der Waals surface area contributed by atoms with Gasteiger partial charge >= 0.3 is 0 Å². The first-order valence-electron chi connectivity index (χ1n) is 5.84. The SMILES string of the molecule is Nc1ccc2nc(CSc3cc(Cl)ccc3Cl)oc2c1. The fourth-order valence-corrected chi connectivity index (χ4v) is 3.11. The number of thioether (sulfide) groups is 1. The average molecular weight is 325 g/mol. The average Bonchev–Trinajstić information content (AvgIpc) is 2.81. The van der Waals surface area contributed by atoms with E-state index in [1.165, 1.54) is 11.8 Å². The van der Waals surface area contributed by atoms with Crippen LogP contribution < -0.4 is 5.73 Å². The van der Waals surface area contributed by atoms with E-state index in [2.05, 4.69) is 4.98 Å². The molecular formula is C14H10Cl2N2OS. The van der Waals surface area contributed by atoms with Gasteiger partial charge in [0.15, 0.2) is 5.58 Å². The lowest BCUT2D eigenvalue weighted by atomic mass is 10.3. The van der Waals surface area contributed by atoms with Gasteiger partial charge in [-0.15, -0.1) is 11.8 Å². The third-order valence-corrected chi connectivity index (χ3v) is 4.42. The van der Waals surface area contributed by atoms with Crippen molar-refractivity contribution >= 4 is 51.8 Å². The molecule has 0 radical (unpaired) electrons. The van der Waals surface area contributed by atoms with E-state index in [1.807, 2.05) is 12.1 Å². The zero-order chi connectivity index (χ0) is 14.1. The number of nitrogens with zero attached hydrogens (tertiary/aromatic N) is 1. The van der Waals surface area contributed by atoms with E-state index in [9.17, 15) is 0 Å². The Morgan fingerprint density at radius 2 is 2.00 bits per heavy atom. The molecule has 0 unspecified atom stereocenters. The number of hydrogen-bond acceptors (Lipinski definition) is 4. The van der Waals surface area contributed by atoms with Gasteiger partial charge in [0.2, 0.25) is 5.89 Å². The second kappa shape index (κ2) is 5.56. The Morgan fingerprint density at radius 1 is 1.15 bits per heavy atom. The van der Waals surface area contributed by atoms with Gasteiger partial charge in [-0.3, -0.25) is 0 Å². The molecule has 0 aliphatic rings. The summed E-state index contributed by atoms with van der Waals surface area (Å²) in [6.07, 6.45) is 0. The molecule has 3 nitrogen and oxygen atoms in total. The number of halogens is 2. The third kappa shape index (κ3) is 2.87. The Morgan fingerprint density at radius 3 is 2.85 bits per heavy atom. The Kier molecular flexibility index (Phi) is 3.78. The molecule has 20 heavy (non-hydrogen) atoms. The van der Waals surface area contributed by atoms with Gasteiger partial charge in [0.05, 0.1) is 10.8 Å². The number of oxazole rings is 1. The summed E-state index contributed by atoms with van der Waals surface area (Å²) in [6.45, 7) is 0. The molecule has 2 N–H and O–H groups in total. The van der Waals surface area contributed by atoms with Gasteiger partial charge in [-0.2, -0.15) is 0 Å². The number of rotatable bonds is 3. The topological polar surface area (TPSA) is 52.0 Å². The lowest BCUT2D eigenvalue weighted by Crippen LogP contribution is -1.82. The van der Waals surface area contributed by atoms with Gasteiger partial charge < -0.3 is 10.2 Å². The summed E-state index contributed by atoms with van der Waals surface area (Å²) in [4.78, 5) is 5.31. The summed E-state index contributed by atoms with van der Waals surface area (Å²) in [5.74, 6) is 1.21. The van der Waals surface area contributed by atoms with Crippen LogP contribution in [0.4, 0.5) is 5.69 Å². The molecule has 0 amide bonds. The highest BCUT2D eigenvalue weighted by Gasteiger charge is 2.08. The number of benzene rings is 2. The van der Waals surface area contributed by atoms with E-state index >= 15 is 0 Å². The predicted molar refractivity (Wildman–Crippen MR) is 84.4 cm³/mol. The smallest absolute Gasteiger partial charge is 0.205 e. The largest absolute Gasteiger partial charge is 0.440 e. The highest BCUT2D eigenvalue weighted by atomic mass is 35.5. The first-order valence-corrected chi connectivity index (χ1v) is 7.59. The van der Waals surface area contributed by atoms with E-state index in [1.54, 1.807) is 24.3 Å². The van der Waals surface area contributed by atoms with E-state index < -0.39 is 0 Å². The van der Waals surface area contributed by atoms with Crippen molar-refractivity contribution in [2.24, 2.45) is 0 Å². The number of aromatic nitrogens is 1. The van der Waals surface area contributed by atoms with Crippen LogP contribution in [0.5, 0.6) is 0 Å². The minimum Gasteiger partial charge on any atom is -0.440 e. The van der Waals surface area contributed by atoms with Crippen LogP contribution in [0.25, 0.3) is 11.1 Å². The van der Waals surface area contributed by atoms with Crippen molar-refractivity contribution in [2.75, 3.05) is 5.73 Å². The lowest BCUT2D eigenvalue weighted by Gasteiger charge is -2.02. The summed E-state index contributed by atoms with van der Waals surface area (Å²) in [5.41, 5.74) is 7.86. The summed E-state index contributed by atoms with van der Waals surface area (Å²) in [5, 5.41) is 1.32. The van der Waals surface area contributed by atoms with E-state index in [0.29, 0.717) is 33.0 Å². The van der Waals surface area contributed by atoms with Crippen molar-refractivity contribution in [3.05, 3.63) is 52.3 Å². The molecule has 0 bridgehead atoms. The number of nitrogen functional groups attached to an aromatic ring is 1. The van der Waals surface area contributed by atoms with Crippen molar-refractivity contribution in [1.29, 1.82) is 0 Å². The minimum atomic E-state index is 0.578. The van der Waals surface area contributed by atoms with Gasteiger partial charge in [0.25, 0.3) is 0 Å². The summed E-state index contributed by atoms with van der Waals surface area (Å²) >= 11 is 13.6. The van der Waals surface area contributed by atoms with Crippen molar-refractivity contribution in [3.8, 4) is 0 Å². The monoisotopic (exact) mass is 324 g/mol. The van der Waals surface area contributed by atoms with Crippen molar-refractivity contribution in [2.45, 2.75) is 10.6 Å². The maximum atomic E-state index is 6.11. The molecule has 0 aliphatic carbocycles. The highest BCUT2D eigenvalue weighted by molar-refractivity contribution is 7.98. The molecular weight excluding hydrogens is 315 g/mol. The zero-order valence-electron chi connectivity index (χ0n) is 10.3. The summed E-state index contributed by atoms with van der Waals surface area (Å²) in [7, 11) is 0. The highest BCUT2D eigenvalue weighted by Crippen LogP contribution is 2.32. The molecule has 3 aromatic rings. The van der Waals surface area contributed by atoms with Crippen LogP contribution >= 0.6 is 35.0 Å². The maximum Gasteiger partial charge on any atom is 0.205 e. The first kappa shape index (κ1) is 13.6. The van der Waals surface area contributed by atoms with E-state index in [0.717, 1.165) is 10.4 Å². The molecule has 0 saturated heterocycles. The van der Waals surface area contributed by atoms with Crippen molar-refractivity contribution < 1.29 is 4.42 Å². The Bertz CT molecular complexity index is 773. The molecule has 2 aromatic carbocycles. The fourth-order valence-electron chi connectivity index (χ4n) is 1.78. The summed E-state index contributed by atoms with van der Waals surface area (Å²) in [6, 6.07) is 10.8. The zero-order valence-corrected chi connectivity index (χ0v) is 12.6. The van der Waals surface area contributed by atoms with Crippen LogP contribution in [-0.4, -0.2) is 4.98 Å². The molecule has 0 aliphatic heterocycles. The number of fused-ring (bicyclic) bond motifs is 1. The van der Waals surface area contributed by atoms with Crippen molar-refractivity contribution in [1.82, 2.24) is 4.98 Å². The molecule has 1 heterocycles. The quantitative estimate of drug-likeness (QED) is 0.543. The minimum absolute atomic E-state index is 0.578. The molecule has 0 fully saturated rings. The van der Waals surface area contributed by atoms with Gasteiger partial charge in [0.1, 0.15) is 5.52 Å². The molecule has 1 aromatic heterocycles. The lowest BCUT2D eigenvalue weighted by molar-refractivity contribution is 0.556. The Labute approximate surface area is 130 Å². The van der Waals surface area contributed by atoms with Crippen LogP contribution in [-0.2, 0) is 5.75 Å². The maximum absolute atomic E-state index is 6.11. The Balaban J connectivity index is 1.81. The Hall–Kier alpha value is -1.36. The second-order valence-electron chi connectivity index (χ2n) is 4.20. The van der Waals surface area contributed by atoms with Gasteiger partial charge in [-0.1, -0.05) is 23.2 Å². The van der Waals surface area contributed by atoms with Crippen LogP contribution in [0.2, 0.25) is 10.0 Å². The van der Waals surface area contributed by atoms with E-state index in [4.69, 9.17) is 33.4 Å². The van der Waals surface area contributed by atoms with Gasteiger partial charge in [-0.05, 0) is 30.3 Å². The van der Waals surface area contributed by atoms with Gasteiger partial charge in [0, 0.05) is 21.7 Å². The molecule has 3 rings (SSSR count). The fraction of sp³-hybridized carbons (Fsp3) is 0.0714. The first-order chi connectivity index (χ1) is 9.61. The van der Waals surface area contributed by atoms with Crippen LogP contribution in [0.1, 0.15) is 5.89 Å². The van der Waals surface area contributed by atoms with Crippen LogP contribution in [0.15, 0.2) is 45.7 Å². The number of nitrogens with two attached hydrogens (primary N) is 1. The summed E-state index contributed by atoms with van der Waals surface area (Å²) < 4.78 is 5.65. The molecule has 6 heteroatoms. The van der Waals surface area contributed by atoms with E-state index in [-0.39, 0.29) is 0 Å². The molecule has 102 valence electrons.